The number of benzene rings is 1. The Morgan fingerprint density at radius 2 is 2.11 bits per heavy atom. The Morgan fingerprint density at radius 1 is 1.32 bits per heavy atom. The minimum absolute atomic E-state index is 0.0417. The Morgan fingerprint density at radius 3 is 2.79 bits per heavy atom. The lowest BCUT2D eigenvalue weighted by Gasteiger charge is -2.09. The van der Waals surface area contributed by atoms with Crippen LogP contribution in [0.2, 0.25) is 0 Å². The molecule has 1 aromatic carbocycles. The maximum atomic E-state index is 8.73. The van der Waals surface area contributed by atoms with E-state index in [1.807, 2.05) is 6.07 Å². The molecule has 0 atom stereocenters. The molecule has 100 valence electrons. The number of aromatic nitrogens is 3. The average molecular weight is 262 g/mol. The van der Waals surface area contributed by atoms with Gasteiger partial charge in [-0.15, -0.1) is 10.2 Å². The van der Waals surface area contributed by atoms with Gasteiger partial charge in [-0.25, -0.2) is 4.68 Å². The van der Waals surface area contributed by atoms with Gasteiger partial charge in [0.05, 0.1) is 19.9 Å². The fourth-order valence-corrected chi connectivity index (χ4v) is 1.43. The summed E-state index contributed by atoms with van der Waals surface area (Å²) in [5, 5.41) is 20.2. The van der Waals surface area contributed by atoms with E-state index >= 15 is 0 Å². The van der Waals surface area contributed by atoms with Crippen LogP contribution in [0.15, 0.2) is 36.0 Å². The van der Waals surface area contributed by atoms with Crippen molar-refractivity contribution < 1.29 is 14.6 Å². The van der Waals surface area contributed by atoms with Crippen LogP contribution in [-0.4, -0.2) is 46.5 Å². The highest BCUT2D eigenvalue weighted by molar-refractivity contribution is 5.80. The Balaban J connectivity index is 2.14. The lowest BCUT2D eigenvalue weighted by Crippen LogP contribution is -2.03. The third-order valence-electron chi connectivity index (χ3n) is 2.28. The number of rotatable bonds is 6. The van der Waals surface area contributed by atoms with E-state index in [-0.39, 0.29) is 13.2 Å². The number of hydrogen-bond acceptors (Lipinski definition) is 6. The maximum Gasteiger partial charge on any atom is 0.161 e. The minimum Gasteiger partial charge on any atom is -0.493 e. The van der Waals surface area contributed by atoms with Crippen LogP contribution in [-0.2, 0) is 0 Å². The molecule has 0 amide bonds. The average Bonchev–Trinajstić information content (AvgIpc) is 2.96. The molecular weight excluding hydrogens is 248 g/mol. The van der Waals surface area contributed by atoms with Crippen LogP contribution in [0.25, 0.3) is 0 Å². The summed E-state index contributed by atoms with van der Waals surface area (Å²) in [5.74, 6) is 1.17. The quantitative estimate of drug-likeness (QED) is 0.768. The molecule has 7 heteroatoms. The van der Waals surface area contributed by atoms with Crippen molar-refractivity contribution in [3.05, 3.63) is 36.4 Å². The predicted octanol–water partition coefficient (Wildman–Crippen LogP) is 0.540. The molecule has 0 unspecified atom stereocenters. The smallest absolute Gasteiger partial charge is 0.161 e. The van der Waals surface area contributed by atoms with Crippen LogP contribution in [0.1, 0.15) is 5.56 Å². The van der Waals surface area contributed by atoms with Crippen LogP contribution >= 0.6 is 0 Å². The zero-order chi connectivity index (χ0) is 13.5. The van der Waals surface area contributed by atoms with Crippen molar-refractivity contribution in [3.8, 4) is 11.5 Å². The van der Waals surface area contributed by atoms with E-state index in [1.165, 1.54) is 17.3 Å². The van der Waals surface area contributed by atoms with Gasteiger partial charge in [0.2, 0.25) is 0 Å². The molecule has 1 heterocycles. The van der Waals surface area contributed by atoms with E-state index in [9.17, 15) is 0 Å². The number of aliphatic hydroxyl groups is 1. The molecule has 0 spiro atoms. The van der Waals surface area contributed by atoms with Crippen LogP contribution in [0.4, 0.5) is 0 Å². The second kappa shape index (κ2) is 6.50. The van der Waals surface area contributed by atoms with E-state index in [4.69, 9.17) is 14.6 Å². The van der Waals surface area contributed by atoms with Crippen molar-refractivity contribution in [2.24, 2.45) is 5.10 Å². The minimum atomic E-state index is -0.0417. The highest BCUT2D eigenvalue weighted by Gasteiger charge is 2.04. The van der Waals surface area contributed by atoms with Crippen molar-refractivity contribution in [2.75, 3.05) is 20.3 Å². The van der Waals surface area contributed by atoms with Gasteiger partial charge in [-0.05, 0) is 23.8 Å². The van der Waals surface area contributed by atoms with Crippen molar-refractivity contribution >= 4 is 6.21 Å². The van der Waals surface area contributed by atoms with E-state index < -0.39 is 0 Å². The molecule has 0 saturated carbocycles. The summed E-state index contributed by atoms with van der Waals surface area (Å²) in [7, 11) is 1.56. The summed E-state index contributed by atoms with van der Waals surface area (Å²) < 4.78 is 12.0. The number of ether oxygens (including phenoxy) is 2. The van der Waals surface area contributed by atoms with Crippen LogP contribution < -0.4 is 9.47 Å². The lowest BCUT2D eigenvalue weighted by molar-refractivity contribution is 0.196. The summed E-state index contributed by atoms with van der Waals surface area (Å²) in [5.41, 5.74) is 0.849. The first-order valence-electron chi connectivity index (χ1n) is 5.64. The van der Waals surface area contributed by atoms with Crippen molar-refractivity contribution in [1.29, 1.82) is 0 Å². The van der Waals surface area contributed by atoms with Gasteiger partial charge < -0.3 is 14.6 Å². The highest BCUT2D eigenvalue weighted by atomic mass is 16.5. The molecule has 0 aliphatic carbocycles. The fourth-order valence-electron chi connectivity index (χ4n) is 1.43. The molecule has 19 heavy (non-hydrogen) atoms. The van der Waals surface area contributed by atoms with Crippen LogP contribution in [0.5, 0.6) is 11.5 Å². The topological polar surface area (TPSA) is 81.8 Å². The summed E-state index contributed by atoms with van der Waals surface area (Å²) in [6.07, 6.45) is 4.64. The van der Waals surface area contributed by atoms with Gasteiger partial charge in [-0.2, -0.15) is 5.10 Å². The molecule has 0 saturated heterocycles. The lowest BCUT2D eigenvalue weighted by atomic mass is 10.2. The number of nitrogens with zero attached hydrogens (tertiary/aromatic N) is 4. The van der Waals surface area contributed by atoms with Gasteiger partial charge in [-0.3, -0.25) is 0 Å². The van der Waals surface area contributed by atoms with E-state index in [1.54, 1.807) is 25.5 Å². The summed E-state index contributed by atoms with van der Waals surface area (Å²) in [6, 6.07) is 5.39. The standard InChI is InChI=1S/C12H14N4O3/c1-18-12-6-10(2-3-11(12)19-5-4-17)7-15-16-8-13-14-9-16/h2-3,6-9,17H,4-5H2,1H3/b15-7+. The summed E-state index contributed by atoms with van der Waals surface area (Å²) in [6.45, 7) is 0.185. The molecular formula is C12H14N4O3. The zero-order valence-corrected chi connectivity index (χ0v) is 10.4. The Hall–Kier alpha value is -2.41. The molecule has 0 aliphatic rings. The zero-order valence-electron chi connectivity index (χ0n) is 10.4. The van der Waals surface area contributed by atoms with Gasteiger partial charge in [-0.1, -0.05) is 0 Å². The molecule has 2 rings (SSSR count). The van der Waals surface area contributed by atoms with Gasteiger partial charge in [0.25, 0.3) is 0 Å². The molecule has 2 aromatic rings. The highest BCUT2D eigenvalue weighted by Crippen LogP contribution is 2.27. The molecule has 1 N–H and O–H groups in total. The number of methoxy groups -OCH3 is 1. The van der Waals surface area contributed by atoms with Crippen molar-refractivity contribution in [1.82, 2.24) is 14.9 Å². The molecule has 0 bridgehead atoms. The monoisotopic (exact) mass is 262 g/mol. The van der Waals surface area contributed by atoms with Gasteiger partial charge >= 0.3 is 0 Å². The second-order valence-electron chi connectivity index (χ2n) is 3.57. The Labute approximate surface area is 110 Å². The summed E-state index contributed by atoms with van der Waals surface area (Å²) in [4.78, 5) is 0. The number of hydrogen-bond donors (Lipinski definition) is 1. The fraction of sp³-hybridized carbons (Fsp3) is 0.250. The van der Waals surface area contributed by atoms with Crippen LogP contribution in [0.3, 0.4) is 0 Å². The SMILES string of the molecule is COc1cc(/C=N/n2cnnc2)ccc1OCCO. The van der Waals surface area contributed by atoms with E-state index in [0.29, 0.717) is 11.5 Å². The predicted molar refractivity (Wildman–Crippen MR) is 68.6 cm³/mol. The normalized spacial score (nSPS) is 10.8. The Bertz CT molecular complexity index is 540. The maximum absolute atomic E-state index is 8.73. The first kappa shape index (κ1) is 13.0. The first-order valence-corrected chi connectivity index (χ1v) is 5.64. The van der Waals surface area contributed by atoms with Crippen molar-refractivity contribution in [2.45, 2.75) is 0 Å². The second-order valence-corrected chi connectivity index (χ2v) is 3.57. The van der Waals surface area contributed by atoms with Gasteiger partial charge in [0.15, 0.2) is 11.5 Å². The molecule has 1 aromatic heterocycles. The van der Waals surface area contributed by atoms with Crippen LogP contribution in [0, 0.1) is 0 Å². The molecule has 0 radical (unpaired) electrons. The summed E-state index contributed by atoms with van der Waals surface area (Å²) >= 11 is 0. The van der Waals surface area contributed by atoms with E-state index in [0.717, 1.165) is 5.56 Å². The van der Waals surface area contributed by atoms with Gasteiger partial charge in [0.1, 0.15) is 19.3 Å². The van der Waals surface area contributed by atoms with Crippen molar-refractivity contribution in [3.63, 3.8) is 0 Å². The Kier molecular flexibility index (Phi) is 4.46. The molecule has 0 aliphatic heterocycles. The third-order valence-corrected chi connectivity index (χ3v) is 2.28. The number of aliphatic hydroxyl groups excluding tert-OH is 1. The first-order chi connectivity index (χ1) is 9.33. The largest absolute Gasteiger partial charge is 0.493 e. The van der Waals surface area contributed by atoms with E-state index in [2.05, 4.69) is 15.3 Å². The molecule has 0 fully saturated rings. The molecule has 7 nitrogen and oxygen atoms in total. The third kappa shape index (κ3) is 3.52. The van der Waals surface area contributed by atoms with Gasteiger partial charge in [0, 0.05) is 0 Å².